The minimum Gasteiger partial charge on any atom is -0.480 e. The number of carboxylic acid groups (broad SMARTS) is 1. The molecule has 2 aromatic heterocycles. The van der Waals surface area contributed by atoms with E-state index in [2.05, 4.69) is 9.88 Å². The van der Waals surface area contributed by atoms with Crippen LogP contribution in [0.15, 0.2) is 41.4 Å². The van der Waals surface area contributed by atoms with Crippen molar-refractivity contribution in [2.45, 2.75) is 31.5 Å². The predicted octanol–water partition coefficient (Wildman–Crippen LogP) is 2.33. The maximum Gasteiger partial charge on any atom is 0.326 e. The third kappa shape index (κ3) is 4.05. The van der Waals surface area contributed by atoms with Gasteiger partial charge in [0.05, 0.1) is 5.56 Å². The van der Waals surface area contributed by atoms with Gasteiger partial charge in [-0.25, -0.2) is 4.79 Å². The number of carboxylic acids is 1. The quantitative estimate of drug-likeness (QED) is 0.887. The van der Waals surface area contributed by atoms with E-state index in [9.17, 15) is 14.7 Å². The van der Waals surface area contributed by atoms with Crippen LogP contribution >= 0.6 is 11.3 Å². The summed E-state index contributed by atoms with van der Waals surface area (Å²) in [7, 11) is 1.99. The Labute approximate surface area is 150 Å². The number of rotatable bonds is 5. The maximum absolute atomic E-state index is 12.6. The highest BCUT2D eigenvalue weighted by Gasteiger charge is 2.37. The van der Waals surface area contributed by atoms with Crippen LogP contribution in [0.5, 0.6) is 0 Å². The van der Waals surface area contributed by atoms with Crippen LogP contribution in [0.3, 0.4) is 0 Å². The SMILES string of the molecule is CN(Cc1cccnc1)[C@@H]1CCN(C(=O)c2ccsc2)[C@@H](C(=O)O)C1. The number of nitrogens with zero attached hydrogens (tertiary/aromatic N) is 3. The van der Waals surface area contributed by atoms with E-state index < -0.39 is 12.0 Å². The number of aliphatic carboxylic acids is 1. The number of carbonyl (C=O) groups is 2. The molecule has 2 atom stereocenters. The second-order valence-corrected chi connectivity index (χ2v) is 7.10. The molecule has 0 bridgehead atoms. The Hall–Kier alpha value is -2.25. The molecule has 1 aliphatic heterocycles. The largest absolute Gasteiger partial charge is 0.480 e. The lowest BCUT2D eigenvalue weighted by Crippen LogP contribution is -2.54. The molecule has 1 fully saturated rings. The second-order valence-electron chi connectivity index (χ2n) is 6.32. The first-order valence-corrected chi connectivity index (χ1v) is 9.15. The molecule has 6 nitrogen and oxygen atoms in total. The van der Waals surface area contributed by atoms with Gasteiger partial charge in [0.2, 0.25) is 0 Å². The summed E-state index contributed by atoms with van der Waals surface area (Å²) in [6, 6.07) is 4.97. The molecule has 0 aromatic carbocycles. The fourth-order valence-electron chi connectivity index (χ4n) is 3.29. The van der Waals surface area contributed by atoms with Crippen molar-refractivity contribution in [3.05, 3.63) is 52.5 Å². The van der Waals surface area contributed by atoms with Crippen molar-refractivity contribution in [1.29, 1.82) is 0 Å². The molecule has 2 aromatic rings. The minimum absolute atomic E-state index is 0.118. The molecule has 1 aliphatic rings. The van der Waals surface area contributed by atoms with E-state index in [-0.39, 0.29) is 11.9 Å². The zero-order valence-electron chi connectivity index (χ0n) is 14.0. The number of amides is 1. The third-order valence-electron chi connectivity index (χ3n) is 4.67. The Morgan fingerprint density at radius 2 is 2.28 bits per heavy atom. The first-order valence-electron chi connectivity index (χ1n) is 8.21. The van der Waals surface area contributed by atoms with Crippen LogP contribution in [-0.2, 0) is 11.3 Å². The van der Waals surface area contributed by atoms with Gasteiger partial charge in [0, 0.05) is 36.9 Å². The predicted molar refractivity (Wildman–Crippen MR) is 95.5 cm³/mol. The summed E-state index contributed by atoms with van der Waals surface area (Å²) in [4.78, 5) is 32.1. The molecule has 1 saturated heterocycles. The normalized spacial score (nSPS) is 20.6. The molecule has 132 valence electrons. The Morgan fingerprint density at radius 3 is 2.92 bits per heavy atom. The summed E-state index contributed by atoms with van der Waals surface area (Å²) in [5, 5.41) is 13.2. The van der Waals surface area contributed by atoms with Crippen molar-refractivity contribution in [2.24, 2.45) is 0 Å². The Kier molecular flexibility index (Phi) is 5.45. The van der Waals surface area contributed by atoms with Crippen LogP contribution in [0, 0.1) is 0 Å². The highest BCUT2D eigenvalue weighted by atomic mass is 32.1. The standard InChI is InChI=1S/C18H21N3O3S/c1-20(11-13-3-2-6-19-10-13)15-4-7-21(16(9-15)18(23)24)17(22)14-5-8-25-12-14/h2-3,5-6,8,10,12,15-16H,4,7,9,11H2,1H3,(H,23,24)/t15-,16-/m1/s1. The van der Waals surface area contributed by atoms with Crippen LogP contribution in [0.2, 0.25) is 0 Å². The summed E-state index contributed by atoms with van der Waals surface area (Å²) in [6.07, 6.45) is 4.75. The fourth-order valence-corrected chi connectivity index (χ4v) is 3.91. The molecule has 1 amide bonds. The van der Waals surface area contributed by atoms with E-state index in [1.807, 2.05) is 30.8 Å². The van der Waals surface area contributed by atoms with E-state index in [1.165, 1.54) is 16.2 Å². The highest BCUT2D eigenvalue weighted by molar-refractivity contribution is 7.08. The summed E-state index contributed by atoms with van der Waals surface area (Å²) >= 11 is 1.44. The number of likely N-dealkylation sites (tertiary alicyclic amines) is 1. The Balaban J connectivity index is 1.68. The van der Waals surface area contributed by atoms with E-state index in [0.717, 1.165) is 12.0 Å². The van der Waals surface area contributed by atoms with Crippen molar-refractivity contribution in [3.8, 4) is 0 Å². The number of hydrogen-bond acceptors (Lipinski definition) is 5. The van der Waals surface area contributed by atoms with Crippen LogP contribution in [0.1, 0.15) is 28.8 Å². The number of aromatic nitrogens is 1. The summed E-state index contributed by atoms with van der Waals surface area (Å²) in [6.45, 7) is 1.16. The minimum atomic E-state index is -0.942. The summed E-state index contributed by atoms with van der Waals surface area (Å²) in [5.74, 6) is -1.13. The van der Waals surface area contributed by atoms with Crippen molar-refractivity contribution in [2.75, 3.05) is 13.6 Å². The average Bonchev–Trinajstić information content (AvgIpc) is 3.16. The van der Waals surface area contributed by atoms with E-state index >= 15 is 0 Å². The molecule has 7 heteroatoms. The molecule has 25 heavy (non-hydrogen) atoms. The lowest BCUT2D eigenvalue weighted by Gasteiger charge is -2.40. The molecule has 1 N–H and O–H groups in total. The van der Waals surface area contributed by atoms with Crippen LogP contribution < -0.4 is 0 Å². The van der Waals surface area contributed by atoms with Gasteiger partial charge in [-0.15, -0.1) is 0 Å². The lowest BCUT2D eigenvalue weighted by molar-refractivity contribution is -0.144. The van der Waals surface area contributed by atoms with E-state index in [1.54, 1.807) is 17.6 Å². The smallest absolute Gasteiger partial charge is 0.326 e. The number of hydrogen-bond donors (Lipinski definition) is 1. The second kappa shape index (κ2) is 7.76. The number of thiophene rings is 1. The van der Waals surface area contributed by atoms with Crippen molar-refractivity contribution in [3.63, 3.8) is 0 Å². The van der Waals surface area contributed by atoms with Gasteiger partial charge in [0.15, 0.2) is 0 Å². The van der Waals surface area contributed by atoms with Crippen LogP contribution in [0.4, 0.5) is 0 Å². The highest BCUT2D eigenvalue weighted by Crippen LogP contribution is 2.25. The fraction of sp³-hybridized carbons (Fsp3) is 0.389. The molecular weight excluding hydrogens is 338 g/mol. The number of pyridine rings is 1. The van der Waals surface area contributed by atoms with Gasteiger partial charge < -0.3 is 10.0 Å². The van der Waals surface area contributed by atoms with E-state index in [0.29, 0.717) is 25.1 Å². The van der Waals surface area contributed by atoms with Crippen molar-refractivity contribution >= 4 is 23.2 Å². The average molecular weight is 359 g/mol. The van der Waals surface area contributed by atoms with Gasteiger partial charge >= 0.3 is 5.97 Å². The van der Waals surface area contributed by atoms with Crippen molar-refractivity contribution < 1.29 is 14.7 Å². The van der Waals surface area contributed by atoms with Crippen molar-refractivity contribution in [1.82, 2.24) is 14.8 Å². The molecule has 0 radical (unpaired) electrons. The van der Waals surface area contributed by atoms with Gasteiger partial charge in [-0.1, -0.05) is 6.07 Å². The van der Waals surface area contributed by atoms with Gasteiger partial charge in [0.1, 0.15) is 6.04 Å². The molecule has 0 spiro atoms. The lowest BCUT2D eigenvalue weighted by atomic mass is 9.95. The molecule has 0 aliphatic carbocycles. The van der Waals surface area contributed by atoms with Gasteiger partial charge in [0.25, 0.3) is 5.91 Å². The molecule has 3 rings (SSSR count). The van der Waals surface area contributed by atoms with Gasteiger partial charge in [-0.05, 0) is 43.0 Å². The zero-order valence-corrected chi connectivity index (χ0v) is 14.9. The number of piperidine rings is 1. The first kappa shape index (κ1) is 17.6. The molecule has 0 unspecified atom stereocenters. The van der Waals surface area contributed by atoms with Gasteiger partial charge in [-0.3, -0.25) is 14.7 Å². The number of carbonyl (C=O) groups excluding carboxylic acids is 1. The summed E-state index contributed by atoms with van der Waals surface area (Å²) in [5.41, 5.74) is 1.66. The van der Waals surface area contributed by atoms with Crippen LogP contribution in [0.25, 0.3) is 0 Å². The topological polar surface area (TPSA) is 73.7 Å². The van der Waals surface area contributed by atoms with Gasteiger partial charge in [-0.2, -0.15) is 11.3 Å². The molecule has 0 saturated carbocycles. The monoisotopic (exact) mass is 359 g/mol. The van der Waals surface area contributed by atoms with Crippen LogP contribution in [-0.4, -0.2) is 57.4 Å². The summed E-state index contributed by atoms with van der Waals surface area (Å²) < 4.78 is 0. The molecular formula is C18H21N3O3S. The van der Waals surface area contributed by atoms with E-state index in [4.69, 9.17) is 0 Å². The maximum atomic E-state index is 12.6. The Morgan fingerprint density at radius 1 is 1.44 bits per heavy atom. The molecule has 3 heterocycles. The zero-order chi connectivity index (χ0) is 17.8. The first-order chi connectivity index (χ1) is 12.1. The Bertz CT molecular complexity index is 720. The third-order valence-corrected chi connectivity index (χ3v) is 5.35.